The Balaban J connectivity index is 3.81. The summed E-state index contributed by atoms with van der Waals surface area (Å²) >= 11 is 0. The van der Waals surface area contributed by atoms with Gasteiger partial charge in [-0.05, 0) is 38.9 Å². The highest BCUT2D eigenvalue weighted by molar-refractivity contribution is 6.69. The lowest BCUT2D eigenvalue weighted by Crippen LogP contribution is -2.32. The van der Waals surface area contributed by atoms with E-state index in [1.165, 1.54) is 84.2 Å². The molecular weight excluding hydrogens is 340 g/mol. The molecule has 0 radical (unpaired) electrons. The minimum Gasteiger partial charge on any atom is -0.469 e. The molecule has 0 aromatic heterocycles. The first-order chi connectivity index (χ1) is 12.4. The minimum absolute atomic E-state index is 0.0803. The fourth-order valence-corrected chi connectivity index (χ4v) is 4.60. The van der Waals surface area contributed by atoms with E-state index in [2.05, 4.69) is 31.3 Å². The number of methoxy groups -OCH3 is 1. The fraction of sp³-hybridized carbons (Fsp3) is 0.955. The van der Waals surface area contributed by atoms with Crippen molar-refractivity contribution in [1.82, 2.24) is 0 Å². The van der Waals surface area contributed by atoms with E-state index in [1.807, 2.05) is 0 Å². The van der Waals surface area contributed by atoms with Gasteiger partial charge in [0.25, 0.3) is 0 Å². The molecule has 0 aromatic rings. The van der Waals surface area contributed by atoms with E-state index in [0.29, 0.717) is 12.5 Å². The maximum atomic E-state index is 11.1. The predicted molar refractivity (Wildman–Crippen MR) is 115 cm³/mol. The summed E-state index contributed by atoms with van der Waals surface area (Å²) in [4.78, 5) is 11.1. The van der Waals surface area contributed by atoms with E-state index in [9.17, 15) is 4.79 Å². The average Bonchev–Trinajstić information content (AvgIpc) is 2.58. The van der Waals surface area contributed by atoms with Crippen LogP contribution in [0.1, 0.15) is 103 Å². The Bertz CT molecular complexity index is 326. The number of hydrogen-bond acceptors (Lipinski definition) is 3. The lowest BCUT2D eigenvalue weighted by Gasteiger charge is -2.26. The van der Waals surface area contributed by atoms with Gasteiger partial charge in [-0.1, -0.05) is 77.6 Å². The molecule has 0 saturated carbocycles. The third-order valence-corrected chi connectivity index (χ3v) is 5.82. The third-order valence-electron chi connectivity index (χ3n) is 4.78. The number of carbonyl (C=O) groups excluding carboxylic acids is 1. The van der Waals surface area contributed by atoms with Crippen LogP contribution < -0.4 is 0 Å². The van der Waals surface area contributed by atoms with Gasteiger partial charge < -0.3 is 9.16 Å². The molecule has 0 aliphatic carbocycles. The van der Waals surface area contributed by atoms with Gasteiger partial charge in [0.2, 0.25) is 0 Å². The Morgan fingerprint density at radius 3 is 1.69 bits per heavy atom. The van der Waals surface area contributed by atoms with Crippen LogP contribution in [0.3, 0.4) is 0 Å². The number of ether oxygens (including phenoxy) is 1. The number of hydrogen-bond donors (Lipinski definition) is 0. The molecule has 0 aliphatic heterocycles. The standard InChI is InChI=1S/C22H46O3Si/c1-6-7-8-9-10-12-15-18-21(25-26(3,4)5)19-16-13-11-14-17-20-22(23)24-2/h21H,6-20H2,1-5H3. The fourth-order valence-electron chi connectivity index (χ4n) is 3.37. The molecule has 26 heavy (non-hydrogen) atoms. The molecule has 0 heterocycles. The van der Waals surface area contributed by atoms with Crippen LogP contribution in [-0.2, 0) is 14.0 Å². The van der Waals surface area contributed by atoms with Crippen LogP contribution in [0.15, 0.2) is 0 Å². The van der Waals surface area contributed by atoms with Gasteiger partial charge >= 0.3 is 5.97 Å². The van der Waals surface area contributed by atoms with Crippen LogP contribution in [0, 0.1) is 0 Å². The van der Waals surface area contributed by atoms with Gasteiger partial charge in [0.1, 0.15) is 0 Å². The monoisotopic (exact) mass is 386 g/mol. The first-order valence-electron chi connectivity index (χ1n) is 11.1. The number of carbonyl (C=O) groups is 1. The average molecular weight is 387 g/mol. The van der Waals surface area contributed by atoms with Crippen LogP contribution in [-0.4, -0.2) is 27.5 Å². The van der Waals surface area contributed by atoms with Crippen LogP contribution in [0.4, 0.5) is 0 Å². The summed E-state index contributed by atoms with van der Waals surface area (Å²) in [6.45, 7) is 9.18. The van der Waals surface area contributed by atoms with Crippen molar-refractivity contribution < 1.29 is 14.0 Å². The highest BCUT2D eigenvalue weighted by atomic mass is 28.4. The second-order valence-electron chi connectivity index (χ2n) is 8.64. The van der Waals surface area contributed by atoms with Crippen molar-refractivity contribution >= 4 is 14.3 Å². The van der Waals surface area contributed by atoms with Gasteiger partial charge in [-0.25, -0.2) is 0 Å². The second kappa shape index (κ2) is 16.8. The summed E-state index contributed by atoms with van der Waals surface area (Å²) in [5, 5.41) is 0. The lowest BCUT2D eigenvalue weighted by molar-refractivity contribution is -0.140. The molecule has 0 N–H and O–H groups in total. The summed E-state index contributed by atoms with van der Waals surface area (Å²) in [7, 11) is 0.00870. The Morgan fingerprint density at radius 1 is 0.769 bits per heavy atom. The number of unbranched alkanes of at least 4 members (excludes halogenated alkanes) is 10. The van der Waals surface area contributed by atoms with Crippen molar-refractivity contribution in [2.45, 2.75) is 129 Å². The molecule has 0 rings (SSSR count). The summed E-state index contributed by atoms with van der Waals surface area (Å²) in [5.74, 6) is -0.0803. The molecule has 156 valence electrons. The molecule has 0 aliphatic rings. The normalized spacial score (nSPS) is 13.0. The van der Waals surface area contributed by atoms with Crippen LogP contribution >= 0.6 is 0 Å². The Morgan fingerprint density at radius 2 is 1.23 bits per heavy atom. The molecule has 0 bridgehead atoms. The molecule has 1 atom stereocenters. The quantitative estimate of drug-likeness (QED) is 0.141. The second-order valence-corrected chi connectivity index (χ2v) is 13.1. The largest absolute Gasteiger partial charge is 0.469 e. The highest BCUT2D eigenvalue weighted by Gasteiger charge is 2.20. The van der Waals surface area contributed by atoms with E-state index in [0.717, 1.165) is 12.8 Å². The van der Waals surface area contributed by atoms with Gasteiger partial charge in [0.05, 0.1) is 7.11 Å². The zero-order chi connectivity index (χ0) is 19.7. The van der Waals surface area contributed by atoms with Crippen LogP contribution in [0.5, 0.6) is 0 Å². The number of rotatable bonds is 18. The van der Waals surface area contributed by atoms with Crippen molar-refractivity contribution in [3.05, 3.63) is 0 Å². The van der Waals surface area contributed by atoms with Crippen molar-refractivity contribution in [1.29, 1.82) is 0 Å². The highest BCUT2D eigenvalue weighted by Crippen LogP contribution is 2.20. The summed E-state index contributed by atoms with van der Waals surface area (Å²) in [5.41, 5.74) is 0. The predicted octanol–water partition coefficient (Wildman–Crippen LogP) is 7.25. The first-order valence-corrected chi connectivity index (χ1v) is 14.5. The molecule has 0 fully saturated rings. The Hall–Kier alpha value is -0.353. The molecule has 0 saturated heterocycles. The summed E-state index contributed by atoms with van der Waals surface area (Å²) in [6.07, 6.45) is 18.9. The topological polar surface area (TPSA) is 35.5 Å². The zero-order valence-corrected chi connectivity index (χ0v) is 19.4. The van der Waals surface area contributed by atoms with Gasteiger partial charge in [-0.2, -0.15) is 0 Å². The van der Waals surface area contributed by atoms with Gasteiger partial charge in [-0.3, -0.25) is 4.79 Å². The van der Waals surface area contributed by atoms with Crippen LogP contribution in [0.2, 0.25) is 19.6 Å². The third kappa shape index (κ3) is 18.4. The zero-order valence-electron chi connectivity index (χ0n) is 18.4. The molecule has 1 unspecified atom stereocenters. The smallest absolute Gasteiger partial charge is 0.305 e. The number of esters is 1. The van der Waals surface area contributed by atoms with Crippen molar-refractivity contribution in [2.75, 3.05) is 7.11 Å². The van der Waals surface area contributed by atoms with E-state index >= 15 is 0 Å². The first kappa shape index (κ1) is 25.6. The van der Waals surface area contributed by atoms with E-state index in [-0.39, 0.29) is 5.97 Å². The van der Waals surface area contributed by atoms with E-state index < -0.39 is 8.32 Å². The van der Waals surface area contributed by atoms with Crippen molar-refractivity contribution in [3.8, 4) is 0 Å². The minimum atomic E-state index is -1.46. The van der Waals surface area contributed by atoms with E-state index in [4.69, 9.17) is 4.43 Å². The Labute approximate surface area is 164 Å². The van der Waals surface area contributed by atoms with Gasteiger partial charge in [0, 0.05) is 12.5 Å². The van der Waals surface area contributed by atoms with Crippen LogP contribution in [0.25, 0.3) is 0 Å². The molecular formula is C22H46O3Si. The maximum absolute atomic E-state index is 11.1. The Kier molecular flexibility index (Phi) is 16.6. The molecule has 4 heteroatoms. The molecule has 0 spiro atoms. The SMILES string of the molecule is CCCCCCCCCC(CCCCCCCC(=O)OC)O[Si](C)(C)C. The maximum Gasteiger partial charge on any atom is 0.305 e. The summed E-state index contributed by atoms with van der Waals surface area (Å²) < 4.78 is 11.1. The summed E-state index contributed by atoms with van der Waals surface area (Å²) in [6, 6.07) is 0. The van der Waals surface area contributed by atoms with E-state index in [1.54, 1.807) is 0 Å². The molecule has 0 aromatic carbocycles. The van der Waals surface area contributed by atoms with Crippen molar-refractivity contribution in [2.24, 2.45) is 0 Å². The molecule has 0 amide bonds. The van der Waals surface area contributed by atoms with Crippen molar-refractivity contribution in [3.63, 3.8) is 0 Å². The van der Waals surface area contributed by atoms with Gasteiger partial charge in [0.15, 0.2) is 8.32 Å². The molecule has 3 nitrogen and oxygen atoms in total. The lowest BCUT2D eigenvalue weighted by atomic mass is 10.0. The van der Waals surface area contributed by atoms with Gasteiger partial charge in [-0.15, -0.1) is 0 Å².